The van der Waals surface area contributed by atoms with E-state index in [0.717, 1.165) is 16.7 Å². The predicted molar refractivity (Wildman–Crippen MR) is 268 cm³/mol. The van der Waals surface area contributed by atoms with Gasteiger partial charge in [0.1, 0.15) is 48.1 Å². The van der Waals surface area contributed by atoms with Crippen molar-refractivity contribution in [1.29, 1.82) is 5.26 Å². The first-order valence-electron chi connectivity index (χ1n) is 23.2. The molecule has 378 valence electrons. The highest BCUT2D eigenvalue weighted by molar-refractivity contribution is 8.07. The van der Waals surface area contributed by atoms with Gasteiger partial charge in [-0.15, -0.1) is 0 Å². The van der Waals surface area contributed by atoms with Crippen LogP contribution in [0.15, 0.2) is 138 Å². The molecule has 9 rings (SSSR count). The number of nitriles is 1. The number of methoxy groups -OCH3 is 2. The molecule has 5 heterocycles. The second kappa shape index (κ2) is 22.4. The van der Waals surface area contributed by atoms with E-state index in [9.17, 15) is 24.8 Å². The van der Waals surface area contributed by atoms with Crippen molar-refractivity contribution in [1.82, 2.24) is 29.1 Å². The monoisotopic (exact) mass is 1030 g/mol. The van der Waals surface area contributed by atoms with Gasteiger partial charge in [0.2, 0.25) is 0 Å². The van der Waals surface area contributed by atoms with Crippen molar-refractivity contribution < 1.29 is 47.2 Å². The van der Waals surface area contributed by atoms with Crippen LogP contribution >= 0.6 is 6.72 Å². The highest BCUT2D eigenvalue weighted by Gasteiger charge is 2.46. The number of H-pyrrole nitrogens is 1. The summed E-state index contributed by atoms with van der Waals surface area (Å²) in [6, 6.07) is 35.6. The summed E-state index contributed by atoms with van der Waals surface area (Å²) in [6.45, 7) is -2.93. The van der Waals surface area contributed by atoms with Gasteiger partial charge in [-0.1, -0.05) is 72.8 Å². The first-order chi connectivity index (χ1) is 35.4. The van der Waals surface area contributed by atoms with Crippen LogP contribution in [-0.2, 0) is 45.2 Å². The smallest absolute Gasteiger partial charge is 0.330 e. The number of fused-ring (bicyclic) bond motifs is 1. The van der Waals surface area contributed by atoms with Crippen molar-refractivity contribution in [2.45, 2.75) is 68.7 Å². The number of aromatic nitrogens is 6. The number of carbonyl (C=O) groups is 1. The van der Waals surface area contributed by atoms with Crippen LogP contribution in [0.2, 0.25) is 0 Å². The lowest BCUT2D eigenvalue weighted by atomic mass is 9.80. The number of nitrogens with one attached hydrogen (secondary N) is 2. The van der Waals surface area contributed by atoms with Crippen LogP contribution < -0.4 is 26.0 Å². The molecular formula is C51H51N8O12PS. The Morgan fingerprint density at radius 3 is 2.14 bits per heavy atom. The quantitative estimate of drug-likeness (QED) is 0.0421. The largest absolute Gasteiger partial charge is 0.497 e. The zero-order chi connectivity index (χ0) is 51.1. The minimum Gasteiger partial charge on any atom is -0.497 e. The molecule has 20 nitrogen and oxygen atoms in total. The molecule has 22 heteroatoms. The van der Waals surface area contributed by atoms with E-state index < -0.39 is 60.4 Å². The molecule has 0 radical (unpaired) electrons. The van der Waals surface area contributed by atoms with Gasteiger partial charge in [0, 0.05) is 30.2 Å². The summed E-state index contributed by atoms with van der Waals surface area (Å²) >= 11 is 6.10. The lowest BCUT2D eigenvalue weighted by molar-refractivity contribution is -0.0928. The summed E-state index contributed by atoms with van der Waals surface area (Å²) in [5, 5.41) is 23.6. The zero-order valence-electron chi connectivity index (χ0n) is 39.8. The van der Waals surface area contributed by atoms with Crippen molar-refractivity contribution >= 4 is 41.4 Å². The number of hydrogen-bond acceptors (Lipinski definition) is 17. The molecule has 1 amide bonds. The molecule has 73 heavy (non-hydrogen) atoms. The van der Waals surface area contributed by atoms with Gasteiger partial charge in [-0.05, 0) is 71.8 Å². The Hall–Kier alpha value is -6.96. The molecule has 0 saturated carbocycles. The number of hydrogen-bond donors (Lipinski definition) is 3. The third-order valence-electron chi connectivity index (χ3n) is 12.5. The van der Waals surface area contributed by atoms with Crippen LogP contribution in [0.3, 0.4) is 0 Å². The van der Waals surface area contributed by atoms with E-state index in [1.54, 1.807) is 50.0 Å². The topological polar surface area (TPSA) is 245 Å². The maximum Gasteiger partial charge on any atom is 0.330 e. The standard InChI is InChI=1S/C51H51N8O12PS/c1-32-27-58(50(63)57-48(32)61)43-25-39(60)41(69-43)29-68-72(73,67-24-10-23-52)71-40-26-44(59-31-55-45-46(53-30-54-47(45)59)56-49(62)33-11-6-4-7-12-33)70-42(40)28-66-51(34-13-8-5-9-14-34,35-15-19-37(64-2)20-16-35)36-17-21-38(65-3)22-18-36/h4-9,11-22,27,30-31,39-44,60H,10,24-26,28-29H2,1-3H3,(H,57,61,63)(H,53,54,56,62)/t39-,40-,41+,42+,43+,44+,72?/m0/s1. The summed E-state index contributed by atoms with van der Waals surface area (Å²) in [6.07, 6.45) is -1.45. The van der Waals surface area contributed by atoms with Gasteiger partial charge < -0.3 is 47.7 Å². The number of ether oxygens (including phenoxy) is 5. The Labute approximate surface area is 423 Å². The van der Waals surface area contributed by atoms with Crippen LogP contribution in [-0.4, -0.2) is 98.5 Å². The molecular weight excluding hydrogens is 980 g/mol. The number of carbonyl (C=O) groups excluding carboxylic acids is 1. The molecule has 7 aromatic rings. The van der Waals surface area contributed by atoms with E-state index >= 15 is 0 Å². The van der Waals surface area contributed by atoms with Crippen LogP contribution in [0.1, 0.15) is 64.3 Å². The maximum absolute atomic E-state index is 13.3. The van der Waals surface area contributed by atoms with Gasteiger partial charge in [-0.25, -0.2) is 19.7 Å². The number of benzene rings is 4. The lowest BCUT2D eigenvalue weighted by Gasteiger charge is -2.37. The number of amides is 1. The van der Waals surface area contributed by atoms with Crippen molar-refractivity contribution in [3.8, 4) is 17.6 Å². The van der Waals surface area contributed by atoms with Gasteiger partial charge in [-0.3, -0.25) is 23.7 Å². The normalized spacial score (nSPS) is 20.6. The van der Waals surface area contributed by atoms with Gasteiger partial charge in [-0.2, -0.15) is 5.26 Å². The molecule has 2 saturated heterocycles. The molecule has 7 atom stereocenters. The average Bonchev–Trinajstić information content (AvgIpc) is 4.14. The second-order valence-corrected chi connectivity index (χ2v) is 20.0. The van der Waals surface area contributed by atoms with E-state index in [2.05, 4.69) is 31.3 Å². The number of anilines is 1. The second-order valence-electron chi connectivity index (χ2n) is 17.1. The van der Waals surface area contributed by atoms with Crippen LogP contribution in [0.4, 0.5) is 5.82 Å². The fourth-order valence-electron chi connectivity index (χ4n) is 8.80. The van der Waals surface area contributed by atoms with Gasteiger partial charge in [0.05, 0.1) is 65.1 Å². The average molecular weight is 1030 g/mol. The summed E-state index contributed by atoms with van der Waals surface area (Å²) in [5.74, 6) is 1.08. The van der Waals surface area contributed by atoms with Crippen molar-refractivity contribution in [3.05, 3.63) is 177 Å². The summed E-state index contributed by atoms with van der Waals surface area (Å²) < 4.78 is 53.6. The molecule has 2 fully saturated rings. The number of aryl methyl sites for hydroxylation is 1. The Kier molecular flexibility index (Phi) is 15.7. The summed E-state index contributed by atoms with van der Waals surface area (Å²) in [5.41, 5.74) is 1.17. The number of aromatic amines is 1. The van der Waals surface area contributed by atoms with E-state index in [-0.39, 0.29) is 56.4 Å². The fourth-order valence-corrected chi connectivity index (χ4v) is 10.9. The van der Waals surface area contributed by atoms with Crippen LogP contribution in [0.25, 0.3) is 11.2 Å². The Bertz CT molecular complexity index is 3200. The molecule has 0 bridgehead atoms. The third-order valence-corrected chi connectivity index (χ3v) is 14.9. The van der Waals surface area contributed by atoms with E-state index in [0.29, 0.717) is 28.2 Å². The van der Waals surface area contributed by atoms with Gasteiger partial charge in [0.15, 0.2) is 17.0 Å². The molecule has 0 spiro atoms. The Morgan fingerprint density at radius 2 is 1.48 bits per heavy atom. The molecule has 2 aliphatic rings. The van der Waals surface area contributed by atoms with Crippen molar-refractivity contribution in [2.75, 3.05) is 39.4 Å². The Balaban J connectivity index is 1.06. The van der Waals surface area contributed by atoms with E-state index in [1.807, 2.05) is 84.9 Å². The van der Waals surface area contributed by atoms with Crippen molar-refractivity contribution in [2.24, 2.45) is 0 Å². The Morgan fingerprint density at radius 1 is 0.849 bits per heavy atom. The van der Waals surface area contributed by atoms with Gasteiger partial charge >= 0.3 is 12.4 Å². The number of imidazole rings is 1. The predicted octanol–water partition coefficient (Wildman–Crippen LogP) is 6.46. The van der Waals surface area contributed by atoms with Crippen LogP contribution in [0.5, 0.6) is 11.5 Å². The molecule has 4 aromatic carbocycles. The molecule has 3 aromatic heterocycles. The number of rotatable bonds is 20. The third kappa shape index (κ3) is 11.0. The van der Waals surface area contributed by atoms with Crippen LogP contribution in [0, 0.1) is 18.3 Å². The van der Waals surface area contributed by atoms with Crippen molar-refractivity contribution in [3.63, 3.8) is 0 Å². The van der Waals surface area contributed by atoms with E-state index in [1.165, 1.54) is 23.4 Å². The first-order valence-corrected chi connectivity index (χ1v) is 25.8. The molecule has 0 aliphatic carbocycles. The van der Waals surface area contributed by atoms with E-state index in [4.69, 9.17) is 49.1 Å². The fraction of sp³-hybridized carbons (Fsp3) is 0.314. The summed E-state index contributed by atoms with van der Waals surface area (Å²) in [7, 11) is 3.19. The highest BCUT2D eigenvalue weighted by Crippen LogP contribution is 2.55. The summed E-state index contributed by atoms with van der Waals surface area (Å²) in [4.78, 5) is 53.9. The SMILES string of the molecule is COc1ccc(C(OC[C@H]2O[C@@H](n3cnc4c(NC(=O)c5ccccc5)ncnc43)C[C@@H]2OP(=S)(OCCC#N)OC[C@H]2O[C@@H](n3cc(C)c(=O)[nH]c3=O)C[C@@H]2O)(c2ccccc2)c2ccc(OC)cc2)cc1. The number of aliphatic hydroxyl groups excluding tert-OH is 1. The zero-order valence-corrected chi connectivity index (χ0v) is 41.5. The number of nitrogens with zero attached hydrogens (tertiary/aromatic N) is 6. The minimum absolute atomic E-state index is 0.00160. The minimum atomic E-state index is -3.88. The highest BCUT2D eigenvalue weighted by atomic mass is 32.5. The molecule has 3 N–H and O–H groups in total. The first kappa shape index (κ1) is 51.0. The molecule has 2 aliphatic heterocycles. The number of aliphatic hydroxyl groups is 1. The van der Waals surface area contributed by atoms with Gasteiger partial charge in [0.25, 0.3) is 11.5 Å². The molecule has 1 unspecified atom stereocenters. The lowest BCUT2D eigenvalue weighted by Crippen LogP contribution is -2.38. The maximum atomic E-state index is 13.3.